The molecule has 0 bridgehead atoms. The number of halogens is 1. The number of hydrogen-bond donors (Lipinski definition) is 1. The van der Waals surface area contributed by atoms with Gasteiger partial charge in [0.25, 0.3) is 5.91 Å². The standard InChI is InChI=1S/C16H19ClN2O/c1-2-10-19(14-7-8-14)16(20)13-6-5-12(4-3-9-18)15(17)11-13/h5-6,11,14H,2,7-10,18H2,1H3. The summed E-state index contributed by atoms with van der Waals surface area (Å²) in [5.74, 6) is 5.72. The third-order valence-electron chi connectivity index (χ3n) is 3.25. The lowest BCUT2D eigenvalue weighted by molar-refractivity contribution is 0.0743. The minimum absolute atomic E-state index is 0.0644. The van der Waals surface area contributed by atoms with Gasteiger partial charge in [-0.15, -0.1) is 0 Å². The summed E-state index contributed by atoms with van der Waals surface area (Å²) < 4.78 is 0. The molecule has 0 unspecified atom stereocenters. The normalized spacial score (nSPS) is 13.6. The number of amides is 1. The topological polar surface area (TPSA) is 46.3 Å². The minimum Gasteiger partial charge on any atom is -0.336 e. The van der Waals surface area contributed by atoms with Crippen LogP contribution in [0.5, 0.6) is 0 Å². The van der Waals surface area contributed by atoms with Gasteiger partial charge in [-0.1, -0.05) is 30.4 Å². The molecular formula is C16H19ClN2O. The monoisotopic (exact) mass is 290 g/mol. The van der Waals surface area contributed by atoms with E-state index < -0.39 is 0 Å². The van der Waals surface area contributed by atoms with E-state index in [0.717, 1.165) is 25.8 Å². The van der Waals surface area contributed by atoms with Crippen LogP contribution in [0, 0.1) is 11.8 Å². The number of rotatable bonds is 4. The van der Waals surface area contributed by atoms with Crippen molar-refractivity contribution in [1.29, 1.82) is 0 Å². The highest BCUT2D eigenvalue weighted by Gasteiger charge is 2.32. The van der Waals surface area contributed by atoms with E-state index in [1.807, 2.05) is 4.90 Å². The molecule has 0 saturated heterocycles. The molecule has 0 spiro atoms. The van der Waals surface area contributed by atoms with Crippen molar-refractivity contribution in [1.82, 2.24) is 4.90 Å². The zero-order chi connectivity index (χ0) is 14.5. The van der Waals surface area contributed by atoms with Gasteiger partial charge in [-0.25, -0.2) is 0 Å². The third kappa shape index (κ3) is 3.53. The van der Waals surface area contributed by atoms with E-state index >= 15 is 0 Å². The Labute approximate surface area is 125 Å². The van der Waals surface area contributed by atoms with Crippen molar-refractivity contribution in [3.05, 3.63) is 34.3 Å². The molecule has 2 rings (SSSR count). The van der Waals surface area contributed by atoms with Crippen LogP contribution in [0.25, 0.3) is 0 Å². The van der Waals surface area contributed by atoms with Gasteiger partial charge in [0.1, 0.15) is 0 Å². The van der Waals surface area contributed by atoms with Crippen molar-refractivity contribution >= 4 is 17.5 Å². The van der Waals surface area contributed by atoms with E-state index in [0.29, 0.717) is 28.7 Å². The van der Waals surface area contributed by atoms with E-state index in [9.17, 15) is 4.79 Å². The van der Waals surface area contributed by atoms with Crippen molar-refractivity contribution in [3.63, 3.8) is 0 Å². The summed E-state index contributed by atoms with van der Waals surface area (Å²) in [4.78, 5) is 14.5. The summed E-state index contributed by atoms with van der Waals surface area (Å²) in [5, 5.41) is 0.504. The Morgan fingerprint density at radius 3 is 2.80 bits per heavy atom. The van der Waals surface area contributed by atoms with Crippen LogP contribution in [0.2, 0.25) is 5.02 Å². The average molecular weight is 291 g/mol. The SMILES string of the molecule is CCCN(C(=O)c1ccc(C#CCN)c(Cl)c1)C1CC1. The molecule has 1 aliphatic carbocycles. The molecule has 20 heavy (non-hydrogen) atoms. The molecule has 0 heterocycles. The van der Waals surface area contributed by atoms with Gasteiger partial charge >= 0.3 is 0 Å². The van der Waals surface area contributed by atoms with Crippen LogP contribution in [0.1, 0.15) is 42.1 Å². The molecule has 3 nitrogen and oxygen atoms in total. The molecule has 1 aromatic carbocycles. The molecule has 2 N–H and O–H groups in total. The van der Waals surface area contributed by atoms with Crippen molar-refractivity contribution in [2.45, 2.75) is 32.2 Å². The number of carbonyl (C=O) groups excluding carboxylic acids is 1. The van der Waals surface area contributed by atoms with Crippen LogP contribution >= 0.6 is 11.6 Å². The number of nitrogens with zero attached hydrogens (tertiary/aromatic N) is 1. The third-order valence-corrected chi connectivity index (χ3v) is 3.57. The molecule has 0 aliphatic heterocycles. The number of carbonyl (C=O) groups is 1. The van der Waals surface area contributed by atoms with Crippen LogP contribution in [-0.2, 0) is 0 Å². The Kier molecular flexibility index (Phi) is 5.05. The molecule has 4 heteroatoms. The summed E-state index contributed by atoms with van der Waals surface area (Å²) in [5.41, 5.74) is 6.68. The van der Waals surface area contributed by atoms with Crippen LogP contribution in [-0.4, -0.2) is 29.9 Å². The van der Waals surface area contributed by atoms with E-state index in [1.165, 1.54) is 0 Å². The smallest absolute Gasteiger partial charge is 0.254 e. The second kappa shape index (κ2) is 6.78. The summed E-state index contributed by atoms with van der Waals surface area (Å²) in [6.45, 7) is 3.18. The number of hydrogen-bond acceptors (Lipinski definition) is 2. The van der Waals surface area contributed by atoms with Crippen LogP contribution in [0.4, 0.5) is 0 Å². The Hall–Kier alpha value is -1.50. The second-order valence-electron chi connectivity index (χ2n) is 4.93. The maximum atomic E-state index is 12.5. The first kappa shape index (κ1) is 14.9. The molecule has 1 saturated carbocycles. The summed E-state index contributed by atoms with van der Waals surface area (Å²) in [7, 11) is 0. The van der Waals surface area contributed by atoms with E-state index in [4.69, 9.17) is 17.3 Å². The first-order valence-corrected chi connectivity index (χ1v) is 7.34. The molecule has 1 fully saturated rings. The highest BCUT2D eigenvalue weighted by molar-refractivity contribution is 6.32. The van der Waals surface area contributed by atoms with Crippen molar-refractivity contribution in [2.24, 2.45) is 5.73 Å². The van der Waals surface area contributed by atoms with Gasteiger partial charge in [0.2, 0.25) is 0 Å². The average Bonchev–Trinajstić information content (AvgIpc) is 3.27. The zero-order valence-electron chi connectivity index (χ0n) is 11.7. The number of benzene rings is 1. The lowest BCUT2D eigenvalue weighted by Gasteiger charge is -2.22. The van der Waals surface area contributed by atoms with Gasteiger partial charge in [0, 0.05) is 23.7 Å². The molecule has 1 aliphatic rings. The first-order valence-electron chi connectivity index (χ1n) is 6.96. The van der Waals surface area contributed by atoms with E-state index in [1.54, 1.807) is 18.2 Å². The first-order chi connectivity index (χ1) is 9.67. The van der Waals surface area contributed by atoms with E-state index in [-0.39, 0.29) is 5.91 Å². The second-order valence-corrected chi connectivity index (χ2v) is 5.34. The fourth-order valence-electron chi connectivity index (χ4n) is 2.14. The maximum Gasteiger partial charge on any atom is 0.254 e. The van der Waals surface area contributed by atoms with Crippen LogP contribution in [0.3, 0.4) is 0 Å². The van der Waals surface area contributed by atoms with Gasteiger partial charge < -0.3 is 10.6 Å². The van der Waals surface area contributed by atoms with Gasteiger partial charge in [0.15, 0.2) is 0 Å². The lowest BCUT2D eigenvalue weighted by atomic mass is 10.1. The van der Waals surface area contributed by atoms with Crippen molar-refractivity contribution < 1.29 is 4.79 Å². The van der Waals surface area contributed by atoms with Gasteiger partial charge in [-0.3, -0.25) is 4.79 Å². The van der Waals surface area contributed by atoms with Crippen LogP contribution in [0.15, 0.2) is 18.2 Å². The van der Waals surface area contributed by atoms with Gasteiger partial charge in [0.05, 0.1) is 11.6 Å². The predicted molar refractivity (Wildman–Crippen MR) is 81.7 cm³/mol. The maximum absolute atomic E-state index is 12.5. The lowest BCUT2D eigenvalue weighted by Crippen LogP contribution is -2.33. The van der Waals surface area contributed by atoms with Crippen LogP contribution < -0.4 is 5.73 Å². The van der Waals surface area contributed by atoms with Crippen molar-refractivity contribution in [3.8, 4) is 11.8 Å². The van der Waals surface area contributed by atoms with Gasteiger partial charge in [-0.2, -0.15) is 0 Å². The Morgan fingerprint density at radius 2 is 2.25 bits per heavy atom. The molecule has 1 aromatic rings. The molecule has 0 atom stereocenters. The quantitative estimate of drug-likeness (QED) is 0.867. The largest absolute Gasteiger partial charge is 0.336 e. The molecule has 1 amide bonds. The Balaban J connectivity index is 2.19. The fourth-order valence-corrected chi connectivity index (χ4v) is 2.37. The van der Waals surface area contributed by atoms with Crippen molar-refractivity contribution in [2.75, 3.05) is 13.1 Å². The Bertz CT molecular complexity index is 555. The fraction of sp³-hybridized carbons (Fsp3) is 0.438. The molecule has 0 aromatic heterocycles. The predicted octanol–water partition coefficient (Wildman–Crippen LogP) is 2.66. The summed E-state index contributed by atoms with van der Waals surface area (Å²) >= 11 is 6.17. The summed E-state index contributed by atoms with van der Waals surface area (Å²) in [6.07, 6.45) is 3.19. The highest BCUT2D eigenvalue weighted by atomic mass is 35.5. The molecule has 106 valence electrons. The van der Waals surface area contributed by atoms with E-state index in [2.05, 4.69) is 18.8 Å². The molecular weight excluding hydrogens is 272 g/mol. The van der Waals surface area contributed by atoms with Gasteiger partial charge in [-0.05, 0) is 37.5 Å². The molecule has 0 radical (unpaired) electrons. The zero-order valence-corrected chi connectivity index (χ0v) is 12.4. The highest BCUT2D eigenvalue weighted by Crippen LogP contribution is 2.29. The summed E-state index contributed by atoms with van der Waals surface area (Å²) in [6, 6.07) is 5.70. The number of nitrogens with two attached hydrogens (primary N) is 1. The Morgan fingerprint density at radius 1 is 1.50 bits per heavy atom. The minimum atomic E-state index is 0.0644.